The monoisotopic (exact) mass is 497 g/mol. The fourth-order valence-electron chi connectivity index (χ4n) is 4.99. The predicted molar refractivity (Wildman–Crippen MR) is 120 cm³/mol. The van der Waals surface area contributed by atoms with Gasteiger partial charge in [-0.05, 0) is 91.1 Å². The van der Waals surface area contributed by atoms with Gasteiger partial charge in [-0.3, -0.25) is 4.31 Å². The van der Waals surface area contributed by atoms with Crippen molar-refractivity contribution in [3.63, 3.8) is 0 Å². The Morgan fingerprint density at radius 2 is 1.75 bits per heavy atom. The molecule has 1 unspecified atom stereocenters. The molecule has 1 aliphatic carbocycles. The number of fused-ring (bicyclic) bond motifs is 2. The number of thioether (sulfide) groups is 1. The number of hydrogen-bond acceptors (Lipinski definition) is 3. The molecule has 3 nitrogen and oxygen atoms in total. The van der Waals surface area contributed by atoms with Gasteiger partial charge in [0.2, 0.25) is 0 Å². The number of halogens is 2. The van der Waals surface area contributed by atoms with Crippen LogP contribution in [0.4, 0.5) is 5.69 Å². The van der Waals surface area contributed by atoms with E-state index in [-0.39, 0.29) is 11.5 Å². The molecule has 2 aliphatic heterocycles. The van der Waals surface area contributed by atoms with Gasteiger partial charge in [-0.25, -0.2) is 8.42 Å². The van der Waals surface area contributed by atoms with Crippen LogP contribution in [0.15, 0.2) is 51.8 Å². The van der Waals surface area contributed by atoms with Crippen LogP contribution in [0.5, 0.6) is 0 Å². The topological polar surface area (TPSA) is 37.4 Å². The van der Waals surface area contributed by atoms with E-state index in [2.05, 4.69) is 22.0 Å². The van der Waals surface area contributed by atoms with Crippen molar-refractivity contribution >= 4 is 55.0 Å². The van der Waals surface area contributed by atoms with Crippen LogP contribution in [-0.4, -0.2) is 26.0 Å². The Kier molecular flexibility index (Phi) is 4.77. The molecule has 0 aromatic heterocycles. The largest absolute Gasteiger partial charge is 0.264 e. The summed E-state index contributed by atoms with van der Waals surface area (Å²) in [5.74, 6) is 2.62. The molecule has 0 bridgehead atoms. The van der Waals surface area contributed by atoms with Crippen molar-refractivity contribution in [3.05, 3.63) is 57.5 Å². The SMILES string of the molecule is O=S(=O)(c1ccc(Cl)cc1)N1c2ccc(Br)cc2C2(CCSCC2)C1C1CC1. The molecule has 2 heterocycles. The van der Waals surface area contributed by atoms with Crippen LogP contribution in [0.1, 0.15) is 31.2 Å². The van der Waals surface area contributed by atoms with E-state index in [1.54, 1.807) is 28.6 Å². The fraction of sp³-hybridized carbons (Fsp3) is 0.429. The Morgan fingerprint density at radius 1 is 1.07 bits per heavy atom. The lowest BCUT2D eigenvalue weighted by Crippen LogP contribution is -2.50. The van der Waals surface area contributed by atoms with Gasteiger partial charge < -0.3 is 0 Å². The zero-order valence-corrected chi connectivity index (χ0v) is 19.2. The molecule has 0 amide bonds. The lowest BCUT2D eigenvalue weighted by molar-refractivity contribution is 0.315. The molecule has 148 valence electrons. The lowest BCUT2D eigenvalue weighted by atomic mass is 9.70. The minimum atomic E-state index is -3.66. The number of sulfonamides is 1. The van der Waals surface area contributed by atoms with E-state index in [0.29, 0.717) is 15.8 Å². The molecule has 28 heavy (non-hydrogen) atoms. The van der Waals surface area contributed by atoms with Gasteiger partial charge in [0.05, 0.1) is 16.6 Å². The Hall–Kier alpha value is -0.690. The van der Waals surface area contributed by atoms with Crippen molar-refractivity contribution in [2.75, 3.05) is 15.8 Å². The summed E-state index contributed by atoms with van der Waals surface area (Å²) in [6, 6.07) is 12.7. The third-order valence-corrected chi connectivity index (χ3v) is 9.92. The number of anilines is 1. The van der Waals surface area contributed by atoms with Gasteiger partial charge >= 0.3 is 0 Å². The van der Waals surface area contributed by atoms with Crippen LogP contribution in [-0.2, 0) is 15.4 Å². The third kappa shape index (κ3) is 2.94. The number of nitrogens with zero attached hydrogens (tertiary/aromatic N) is 1. The van der Waals surface area contributed by atoms with Crippen molar-refractivity contribution in [2.45, 2.75) is 42.0 Å². The first kappa shape index (κ1) is 19.3. The van der Waals surface area contributed by atoms with Crippen molar-refractivity contribution in [1.29, 1.82) is 0 Å². The first-order valence-electron chi connectivity index (χ1n) is 9.61. The Morgan fingerprint density at radius 3 is 2.39 bits per heavy atom. The Balaban J connectivity index is 1.72. The second-order valence-corrected chi connectivity index (χ2v) is 12.4. The molecule has 2 fully saturated rings. The molecular formula is C21H21BrClNO2S2. The third-order valence-electron chi connectivity index (χ3n) is 6.38. The van der Waals surface area contributed by atoms with Gasteiger partial charge in [-0.15, -0.1) is 0 Å². The molecule has 5 rings (SSSR count). The van der Waals surface area contributed by atoms with E-state index >= 15 is 0 Å². The minimum Gasteiger partial charge on any atom is -0.262 e. The van der Waals surface area contributed by atoms with E-state index in [1.807, 2.05) is 23.9 Å². The summed E-state index contributed by atoms with van der Waals surface area (Å²) in [6.45, 7) is 0. The summed E-state index contributed by atoms with van der Waals surface area (Å²) in [7, 11) is -3.66. The molecule has 1 saturated carbocycles. The second-order valence-electron chi connectivity index (χ2n) is 7.97. The highest BCUT2D eigenvalue weighted by Gasteiger charge is 2.59. The van der Waals surface area contributed by atoms with Crippen LogP contribution in [0.2, 0.25) is 5.02 Å². The van der Waals surface area contributed by atoms with Crippen molar-refractivity contribution < 1.29 is 8.42 Å². The quantitative estimate of drug-likeness (QED) is 0.532. The maximum absolute atomic E-state index is 13.8. The van der Waals surface area contributed by atoms with Gasteiger partial charge in [-0.1, -0.05) is 27.5 Å². The van der Waals surface area contributed by atoms with E-state index in [9.17, 15) is 8.42 Å². The molecule has 2 aromatic carbocycles. The molecule has 1 saturated heterocycles. The molecular weight excluding hydrogens is 478 g/mol. The van der Waals surface area contributed by atoms with E-state index in [0.717, 1.165) is 47.3 Å². The summed E-state index contributed by atoms with van der Waals surface area (Å²) < 4.78 is 30.4. The molecule has 3 aliphatic rings. The first-order valence-corrected chi connectivity index (χ1v) is 13.4. The zero-order chi connectivity index (χ0) is 19.5. The summed E-state index contributed by atoms with van der Waals surface area (Å²) in [6.07, 6.45) is 4.30. The Labute approximate surface area is 184 Å². The van der Waals surface area contributed by atoms with Crippen molar-refractivity contribution in [1.82, 2.24) is 0 Å². The summed E-state index contributed by atoms with van der Waals surface area (Å²) >= 11 is 11.6. The van der Waals surface area contributed by atoms with Crippen LogP contribution >= 0.6 is 39.3 Å². The van der Waals surface area contributed by atoms with Gasteiger partial charge in [0.25, 0.3) is 10.0 Å². The fourth-order valence-corrected chi connectivity index (χ4v) is 8.49. The van der Waals surface area contributed by atoms with Gasteiger partial charge in [0.1, 0.15) is 0 Å². The standard InChI is InChI=1S/C21H21BrClNO2S2/c22-15-3-8-19-18(13-15)21(9-11-27-12-10-21)20(14-1-2-14)24(19)28(25,26)17-6-4-16(23)5-7-17/h3-8,13-14,20H,1-2,9-12H2. The van der Waals surface area contributed by atoms with Gasteiger partial charge in [0, 0.05) is 14.9 Å². The molecule has 1 atom stereocenters. The number of benzene rings is 2. The first-order chi connectivity index (χ1) is 13.4. The van der Waals surface area contributed by atoms with E-state index < -0.39 is 10.0 Å². The van der Waals surface area contributed by atoms with Gasteiger partial charge in [0.15, 0.2) is 0 Å². The summed E-state index contributed by atoms with van der Waals surface area (Å²) in [5, 5.41) is 0.546. The highest BCUT2D eigenvalue weighted by atomic mass is 79.9. The predicted octanol–water partition coefficient (Wildman–Crippen LogP) is 5.85. The average molecular weight is 499 g/mol. The van der Waals surface area contributed by atoms with Crippen LogP contribution in [0.3, 0.4) is 0 Å². The number of hydrogen-bond donors (Lipinski definition) is 0. The summed E-state index contributed by atoms with van der Waals surface area (Å²) in [5.41, 5.74) is 1.99. The van der Waals surface area contributed by atoms with Crippen LogP contribution in [0.25, 0.3) is 0 Å². The van der Waals surface area contributed by atoms with E-state index in [4.69, 9.17) is 11.6 Å². The normalized spacial score (nSPS) is 23.8. The van der Waals surface area contributed by atoms with Crippen molar-refractivity contribution in [3.8, 4) is 0 Å². The van der Waals surface area contributed by atoms with Crippen LogP contribution in [0, 0.1) is 5.92 Å². The smallest absolute Gasteiger partial charge is 0.262 e. The minimum absolute atomic E-state index is 0.0124. The average Bonchev–Trinajstić information content (AvgIpc) is 3.48. The van der Waals surface area contributed by atoms with Gasteiger partial charge in [-0.2, -0.15) is 11.8 Å². The molecule has 1 spiro atoms. The molecule has 0 N–H and O–H groups in total. The number of rotatable bonds is 3. The maximum Gasteiger partial charge on any atom is 0.264 e. The van der Waals surface area contributed by atoms with Crippen LogP contribution < -0.4 is 4.31 Å². The van der Waals surface area contributed by atoms with Crippen molar-refractivity contribution in [2.24, 2.45) is 5.92 Å². The molecule has 0 radical (unpaired) electrons. The molecule has 2 aromatic rings. The summed E-state index contributed by atoms with van der Waals surface area (Å²) in [4.78, 5) is 0.318. The zero-order valence-electron chi connectivity index (χ0n) is 15.3. The highest BCUT2D eigenvalue weighted by molar-refractivity contribution is 9.10. The maximum atomic E-state index is 13.8. The Bertz CT molecular complexity index is 1020. The second kappa shape index (κ2) is 6.93. The van der Waals surface area contributed by atoms with E-state index in [1.165, 1.54) is 5.56 Å². The molecule has 7 heteroatoms. The lowest BCUT2D eigenvalue weighted by Gasteiger charge is -2.41. The highest BCUT2D eigenvalue weighted by Crippen LogP contribution is 2.59.